The number of sulfonamides is 1. The average molecular weight is 470 g/mol. The Morgan fingerprint density at radius 2 is 1.86 bits per heavy atom. The van der Waals surface area contributed by atoms with Crippen LogP contribution in [0, 0.1) is 0 Å². The molecule has 2 aliphatic rings. The molecular formula is C18H20BrN3O5S. The summed E-state index contributed by atoms with van der Waals surface area (Å²) in [6.45, 7) is 1.75. The summed E-state index contributed by atoms with van der Waals surface area (Å²) in [5.74, 6) is 1.04. The van der Waals surface area contributed by atoms with Crippen LogP contribution in [0.2, 0.25) is 0 Å². The molecule has 3 heterocycles. The Balaban J connectivity index is 1.50. The molecule has 150 valence electrons. The van der Waals surface area contributed by atoms with Gasteiger partial charge in [0.05, 0.1) is 29.1 Å². The smallest absolute Gasteiger partial charge is 0.316 e. The van der Waals surface area contributed by atoms with Gasteiger partial charge in [0.1, 0.15) is 6.10 Å². The molecule has 0 aliphatic carbocycles. The Hall–Kier alpha value is -1.91. The van der Waals surface area contributed by atoms with Crippen LogP contribution in [0.3, 0.4) is 0 Å². The Morgan fingerprint density at radius 1 is 1.11 bits per heavy atom. The number of hydrogen-bond donors (Lipinski definition) is 0. The SMILES string of the molecule is O=S(=O)(c1ccc2c(c1)OCCCO2)N1CCCC(Oc2ncc(Br)cn2)C1. The molecule has 0 saturated carbocycles. The van der Waals surface area contributed by atoms with Gasteiger partial charge in [-0.25, -0.2) is 18.4 Å². The fourth-order valence-electron chi connectivity index (χ4n) is 3.18. The molecule has 2 aliphatic heterocycles. The van der Waals surface area contributed by atoms with Crippen LogP contribution in [0.25, 0.3) is 0 Å². The molecule has 1 unspecified atom stereocenters. The third-order valence-corrected chi connectivity index (χ3v) is 6.84. The number of piperidine rings is 1. The van der Waals surface area contributed by atoms with Crippen molar-refractivity contribution in [3.05, 3.63) is 35.1 Å². The molecule has 0 amide bonds. The summed E-state index contributed by atoms with van der Waals surface area (Å²) in [4.78, 5) is 8.38. The van der Waals surface area contributed by atoms with E-state index in [-0.39, 0.29) is 23.6 Å². The molecule has 0 radical (unpaired) electrons. The summed E-state index contributed by atoms with van der Waals surface area (Å²) in [7, 11) is -3.67. The van der Waals surface area contributed by atoms with Crippen molar-refractivity contribution in [2.24, 2.45) is 0 Å². The fourth-order valence-corrected chi connectivity index (χ4v) is 4.91. The van der Waals surface area contributed by atoms with Crippen molar-refractivity contribution in [3.63, 3.8) is 0 Å². The molecule has 2 aromatic rings. The minimum Gasteiger partial charge on any atom is -0.490 e. The molecule has 0 N–H and O–H groups in total. The molecule has 1 fully saturated rings. The molecule has 0 bridgehead atoms. The maximum Gasteiger partial charge on any atom is 0.316 e. The van der Waals surface area contributed by atoms with Gasteiger partial charge in [0, 0.05) is 31.4 Å². The summed E-state index contributed by atoms with van der Waals surface area (Å²) in [6, 6.07) is 4.99. The first-order chi connectivity index (χ1) is 13.5. The molecule has 1 aromatic heterocycles. The minimum absolute atomic E-state index is 0.192. The number of benzene rings is 1. The van der Waals surface area contributed by atoms with Gasteiger partial charge in [-0.3, -0.25) is 0 Å². The lowest BCUT2D eigenvalue weighted by molar-refractivity contribution is 0.119. The second-order valence-corrected chi connectivity index (χ2v) is 9.44. The van der Waals surface area contributed by atoms with Crippen LogP contribution in [0.15, 0.2) is 40.0 Å². The van der Waals surface area contributed by atoms with Crippen molar-refractivity contribution in [2.45, 2.75) is 30.3 Å². The van der Waals surface area contributed by atoms with E-state index in [1.54, 1.807) is 24.5 Å². The van der Waals surface area contributed by atoms with E-state index in [2.05, 4.69) is 25.9 Å². The van der Waals surface area contributed by atoms with Crippen LogP contribution in [-0.4, -0.2) is 55.1 Å². The van der Waals surface area contributed by atoms with Gasteiger partial charge in [-0.1, -0.05) is 0 Å². The highest BCUT2D eigenvalue weighted by molar-refractivity contribution is 9.10. The first-order valence-corrected chi connectivity index (χ1v) is 11.3. The van der Waals surface area contributed by atoms with Gasteiger partial charge in [0.25, 0.3) is 0 Å². The molecule has 1 aromatic carbocycles. The number of aromatic nitrogens is 2. The van der Waals surface area contributed by atoms with Gasteiger partial charge in [-0.15, -0.1) is 0 Å². The largest absolute Gasteiger partial charge is 0.490 e. The van der Waals surface area contributed by atoms with E-state index >= 15 is 0 Å². The molecule has 4 rings (SSSR count). The number of halogens is 1. The van der Waals surface area contributed by atoms with E-state index in [4.69, 9.17) is 14.2 Å². The van der Waals surface area contributed by atoms with E-state index in [9.17, 15) is 8.42 Å². The standard InChI is InChI=1S/C18H20BrN3O5S/c19-13-10-20-18(21-11-13)27-14-3-1-6-22(12-14)28(23,24)15-4-5-16-17(9-15)26-8-2-7-25-16/h4-5,9-11,14H,1-3,6-8,12H2. The van der Waals surface area contributed by atoms with Gasteiger partial charge in [0.2, 0.25) is 10.0 Å². The number of nitrogens with zero attached hydrogens (tertiary/aromatic N) is 3. The van der Waals surface area contributed by atoms with Crippen LogP contribution >= 0.6 is 15.9 Å². The van der Waals surface area contributed by atoms with Gasteiger partial charge in [-0.2, -0.15) is 4.31 Å². The summed E-state index contributed by atoms with van der Waals surface area (Å²) >= 11 is 3.28. The number of fused-ring (bicyclic) bond motifs is 1. The molecular weight excluding hydrogens is 450 g/mol. The topological polar surface area (TPSA) is 90.9 Å². The zero-order valence-corrected chi connectivity index (χ0v) is 17.5. The lowest BCUT2D eigenvalue weighted by Gasteiger charge is -2.31. The highest BCUT2D eigenvalue weighted by Gasteiger charge is 2.32. The number of hydrogen-bond acceptors (Lipinski definition) is 7. The maximum absolute atomic E-state index is 13.1. The van der Waals surface area contributed by atoms with E-state index in [0.717, 1.165) is 17.3 Å². The Labute approximate surface area is 172 Å². The highest BCUT2D eigenvalue weighted by atomic mass is 79.9. The minimum atomic E-state index is -3.67. The predicted molar refractivity (Wildman–Crippen MR) is 104 cm³/mol. The third kappa shape index (κ3) is 4.23. The Kier molecular flexibility index (Phi) is 5.70. The van der Waals surface area contributed by atoms with Crippen molar-refractivity contribution in [2.75, 3.05) is 26.3 Å². The van der Waals surface area contributed by atoms with Crippen LogP contribution in [0.5, 0.6) is 17.5 Å². The van der Waals surface area contributed by atoms with Gasteiger partial charge in [0.15, 0.2) is 11.5 Å². The van der Waals surface area contributed by atoms with Crippen LogP contribution in [-0.2, 0) is 10.0 Å². The van der Waals surface area contributed by atoms with Gasteiger partial charge >= 0.3 is 6.01 Å². The summed E-state index contributed by atoms with van der Waals surface area (Å²) in [5, 5.41) is 0. The van der Waals surface area contributed by atoms with E-state index in [1.165, 1.54) is 10.4 Å². The first kappa shape index (κ1) is 19.4. The summed E-state index contributed by atoms with van der Waals surface area (Å²) in [6.07, 6.45) is 5.09. The van der Waals surface area contributed by atoms with Crippen molar-refractivity contribution in [3.8, 4) is 17.5 Å². The fraction of sp³-hybridized carbons (Fsp3) is 0.444. The van der Waals surface area contributed by atoms with E-state index < -0.39 is 10.0 Å². The normalized spacial score (nSPS) is 20.4. The van der Waals surface area contributed by atoms with Crippen LogP contribution < -0.4 is 14.2 Å². The zero-order valence-electron chi connectivity index (χ0n) is 15.1. The quantitative estimate of drug-likeness (QED) is 0.679. The lowest BCUT2D eigenvalue weighted by atomic mass is 10.1. The van der Waals surface area contributed by atoms with Crippen molar-refractivity contribution < 1.29 is 22.6 Å². The zero-order chi connectivity index (χ0) is 19.6. The third-order valence-electron chi connectivity index (χ3n) is 4.57. The molecule has 10 heteroatoms. The summed E-state index contributed by atoms with van der Waals surface area (Å²) in [5.41, 5.74) is 0. The molecule has 1 atom stereocenters. The molecule has 0 spiro atoms. The Bertz CT molecular complexity index is 939. The van der Waals surface area contributed by atoms with E-state index in [0.29, 0.717) is 37.7 Å². The van der Waals surface area contributed by atoms with Crippen molar-refractivity contribution >= 4 is 26.0 Å². The van der Waals surface area contributed by atoms with Crippen LogP contribution in [0.1, 0.15) is 19.3 Å². The monoisotopic (exact) mass is 469 g/mol. The van der Waals surface area contributed by atoms with E-state index in [1.807, 2.05) is 0 Å². The second-order valence-electron chi connectivity index (χ2n) is 6.59. The van der Waals surface area contributed by atoms with Gasteiger partial charge < -0.3 is 14.2 Å². The first-order valence-electron chi connectivity index (χ1n) is 9.06. The highest BCUT2D eigenvalue weighted by Crippen LogP contribution is 2.33. The number of rotatable bonds is 4. The van der Waals surface area contributed by atoms with Gasteiger partial charge in [-0.05, 0) is 40.9 Å². The van der Waals surface area contributed by atoms with Crippen LogP contribution in [0.4, 0.5) is 0 Å². The molecule has 28 heavy (non-hydrogen) atoms. The van der Waals surface area contributed by atoms with Crippen molar-refractivity contribution in [1.29, 1.82) is 0 Å². The molecule has 8 nitrogen and oxygen atoms in total. The predicted octanol–water partition coefficient (Wildman–Crippen LogP) is 2.63. The lowest BCUT2D eigenvalue weighted by Crippen LogP contribution is -2.44. The number of ether oxygens (including phenoxy) is 3. The Morgan fingerprint density at radius 3 is 2.64 bits per heavy atom. The molecule has 1 saturated heterocycles. The average Bonchev–Trinajstić information content (AvgIpc) is 2.95. The van der Waals surface area contributed by atoms with Crippen molar-refractivity contribution in [1.82, 2.24) is 14.3 Å². The second kappa shape index (κ2) is 8.22. The summed E-state index contributed by atoms with van der Waals surface area (Å²) < 4.78 is 45.5. The maximum atomic E-state index is 13.1.